The Hall–Kier alpha value is -1.88. The van der Waals surface area contributed by atoms with E-state index in [-0.39, 0.29) is 23.1 Å². The van der Waals surface area contributed by atoms with E-state index in [0.29, 0.717) is 31.9 Å². The van der Waals surface area contributed by atoms with Crippen LogP contribution in [0.25, 0.3) is 0 Å². The number of ether oxygens (including phenoxy) is 1. The van der Waals surface area contributed by atoms with Crippen molar-refractivity contribution in [1.29, 1.82) is 0 Å². The molecule has 5 heteroatoms. The Balaban J connectivity index is 1.57. The van der Waals surface area contributed by atoms with Crippen molar-refractivity contribution in [1.82, 2.24) is 9.80 Å². The summed E-state index contributed by atoms with van der Waals surface area (Å²) in [5.74, 6) is 0.218. The molecule has 2 amide bonds. The summed E-state index contributed by atoms with van der Waals surface area (Å²) in [5, 5.41) is 0. The average Bonchev–Trinajstić information content (AvgIpc) is 3.31. The Morgan fingerprint density at radius 1 is 1.04 bits per heavy atom. The van der Waals surface area contributed by atoms with Crippen molar-refractivity contribution in [2.24, 2.45) is 11.3 Å². The maximum absolute atomic E-state index is 13.2. The smallest absolute Gasteiger partial charge is 0.253 e. The van der Waals surface area contributed by atoms with Crippen molar-refractivity contribution in [3.8, 4) is 0 Å². The van der Waals surface area contributed by atoms with Gasteiger partial charge in [0.15, 0.2) is 0 Å². The Morgan fingerprint density at radius 2 is 1.69 bits per heavy atom. The zero-order valence-electron chi connectivity index (χ0n) is 15.6. The Bertz CT molecular complexity index is 673. The van der Waals surface area contributed by atoms with Crippen LogP contribution in [-0.4, -0.2) is 61.0 Å². The molecule has 3 aliphatic rings. The summed E-state index contributed by atoms with van der Waals surface area (Å²) in [6.07, 6.45) is 3.94. The van der Waals surface area contributed by atoms with Crippen LogP contribution in [0.4, 0.5) is 0 Å². The number of nitrogens with zero attached hydrogens (tertiary/aromatic N) is 2. The zero-order valence-corrected chi connectivity index (χ0v) is 15.6. The van der Waals surface area contributed by atoms with Gasteiger partial charge in [-0.25, -0.2) is 0 Å². The molecule has 3 saturated heterocycles. The summed E-state index contributed by atoms with van der Waals surface area (Å²) in [6.45, 7) is 6.36. The summed E-state index contributed by atoms with van der Waals surface area (Å²) in [5.41, 5.74) is 1.75. The normalized spacial score (nSPS) is 25.0. The molecule has 1 spiro atoms. The third-order valence-electron chi connectivity index (χ3n) is 6.44. The minimum atomic E-state index is -0.113. The number of amides is 2. The van der Waals surface area contributed by atoms with Gasteiger partial charge in [0, 0.05) is 50.4 Å². The number of benzene rings is 1. The lowest BCUT2D eigenvalue weighted by Gasteiger charge is -2.38. The molecule has 0 saturated carbocycles. The van der Waals surface area contributed by atoms with Crippen LogP contribution in [0.3, 0.4) is 0 Å². The highest BCUT2D eigenvalue weighted by molar-refractivity contribution is 5.95. The second-order valence-corrected chi connectivity index (χ2v) is 8.11. The number of likely N-dealkylation sites (tertiary alicyclic amines) is 2. The molecule has 0 aliphatic carbocycles. The standard InChI is InChI=1S/C21H28N2O3/c1-16-4-6-17(7-5-16)19(24)23-14-18(20(25)22-10-2-3-11-22)21(15-23)8-12-26-13-9-21/h4-7,18H,2-3,8-15H2,1H3. The highest BCUT2D eigenvalue weighted by Gasteiger charge is 2.52. The molecule has 1 atom stereocenters. The van der Waals surface area contributed by atoms with Crippen molar-refractivity contribution in [3.05, 3.63) is 35.4 Å². The minimum Gasteiger partial charge on any atom is -0.381 e. The fourth-order valence-electron chi connectivity index (χ4n) is 4.78. The third-order valence-corrected chi connectivity index (χ3v) is 6.44. The predicted octanol–water partition coefficient (Wildman–Crippen LogP) is 2.49. The molecule has 3 heterocycles. The van der Waals surface area contributed by atoms with Gasteiger partial charge in [0.2, 0.25) is 5.91 Å². The third kappa shape index (κ3) is 3.13. The lowest BCUT2D eigenvalue weighted by atomic mass is 9.71. The molecule has 1 aromatic rings. The first-order valence-corrected chi connectivity index (χ1v) is 9.82. The molecule has 26 heavy (non-hydrogen) atoms. The first-order valence-electron chi connectivity index (χ1n) is 9.82. The number of rotatable bonds is 2. The molecule has 1 unspecified atom stereocenters. The van der Waals surface area contributed by atoms with Crippen molar-refractivity contribution in [2.45, 2.75) is 32.6 Å². The van der Waals surface area contributed by atoms with E-state index >= 15 is 0 Å². The maximum Gasteiger partial charge on any atom is 0.253 e. The van der Waals surface area contributed by atoms with Crippen LogP contribution < -0.4 is 0 Å². The van der Waals surface area contributed by atoms with E-state index in [1.165, 1.54) is 0 Å². The van der Waals surface area contributed by atoms with E-state index in [2.05, 4.69) is 0 Å². The average molecular weight is 356 g/mol. The van der Waals surface area contributed by atoms with Gasteiger partial charge in [-0.2, -0.15) is 0 Å². The quantitative estimate of drug-likeness (QED) is 0.818. The fourth-order valence-corrected chi connectivity index (χ4v) is 4.78. The van der Waals surface area contributed by atoms with Gasteiger partial charge in [0.05, 0.1) is 5.92 Å². The number of hydrogen-bond donors (Lipinski definition) is 0. The molecule has 4 rings (SSSR count). The van der Waals surface area contributed by atoms with Crippen molar-refractivity contribution in [3.63, 3.8) is 0 Å². The Kier molecular flexibility index (Phi) is 4.74. The molecule has 3 fully saturated rings. The molecular formula is C21H28N2O3. The van der Waals surface area contributed by atoms with Gasteiger partial charge >= 0.3 is 0 Å². The first-order chi connectivity index (χ1) is 12.6. The molecule has 3 aliphatic heterocycles. The number of carbonyl (C=O) groups is 2. The molecular weight excluding hydrogens is 328 g/mol. The summed E-state index contributed by atoms with van der Waals surface area (Å²) in [4.78, 5) is 30.2. The Labute approximate surface area is 155 Å². The number of carbonyl (C=O) groups excluding carboxylic acids is 2. The second kappa shape index (κ2) is 7.03. The second-order valence-electron chi connectivity index (χ2n) is 8.11. The molecule has 0 bridgehead atoms. The van der Waals surface area contributed by atoms with Gasteiger partial charge in [-0.3, -0.25) is 9.59 Å². The van der Waals surface area contributed by atoms with Crippen LogP contribution in [0.5, 0.6) is 0 Å². The molecule has 0 aromatic heterocycles. The van der Waals surface area contributed by atoms with Crippen LogP contribution in [0.1, 0.15) is 41.6 Å². The van der Waals surface area contributed by atoms with Crippen molar-refractivity contribution in [2.75, 3.05) is 39.4 Å². The molecule has 140 valence electrons. The fraction of sp³-hybridized carbons (Fsp3) is 0.619. The monoisotopic (exact) mass is 356 g/mol. The summed E-state index contributed by atoms with van der Waals surface area (Å²) >= 11 is 0. The largest absolute Gasteiger partial charge is 0.381 e. The summed E-state index contributed by atoms with van der Waals surface area (Å²) in [7, 11) is 0. The van der Waals surface area contributed by atoms with Crippen LogP contribution in [0.15, 0.2) is 24.3 Å². The lowest BCUT2D eigenvalue weighted by Crippen LogP contribution is -2.45. The molecule has 5 nitrogen and oxygen atoms in total. The minimum absolute atomic E-state index is 0.0487. The summed E-state index contributed by atoms with van der Waals surface area (Å²) in [6, 6.07) is 7.73. The first kappa shape index (κ1) is 17.5. The van der Waals surface area contributed by atoms with Crippen LogP contribution in [0.2, 0.25) is 0 Å². The highest BCUT2D eigenvalue weighted by atomic mass is 16.5. The van der Waals surface area contributed by atoms with Gasteiger partial charge in [-0.15, -0.1) is 0 Å². The molecule has 1 aromatic carbocycles. The van der Waals surface area contributed by atoms with Gasteiger partial charge in [-0.05, 0) is 44.7 Å². The van der Waals surface area contributed by atoms with Crippen LogP contribution in [0, 0.1) is 18.3 Å². The number of aryl methyl sites for hydroxylation is 1. The van der Waals surface area contributed by atoms with Crippen molar-refractivity contribution < 1.29 is 14.3 Å². The van der Waals surface area contributed by atoms with Crippen molar-refractivity contribution >= 4 is 11.8 Å². The van der Waals surface area contributed by atoms with E-state index in [4.69, 9.17) is 4.74 Å². The van der Waals surface area contributed by atoms with Crippen LogP contribution in [-0.2, 0) is 9.53 Å². The maximum atomic E-state index is 13.2. The number of hydrogen-bond acceptors (Lipinski definition) is 3. The van der Waals surface area contributed by atoms with Gasteiger partial charge < -0.3 is 14.5 Å². The lowest BCUT2D eigenvalue weighted by molar-refractivity contribution is -0.139. The van der Waals surface area contributed by atoms with Gasteiger partial charge in [0.1, 0.15) is 0 Å². The molecule has 0 N–H and O–H groups in total. The summed E-state index contributed by atoms with van der Waals surface area (Å²) < 4.78 is 5.57. The highest BCUT2D eigenvalue weighted by Crippen LogP contribution is 2.45. The van der Waals surface area contributed by atoms with E-state index in [1.54, 1.807) is 0 Å². The van der Waals surface area contributed by atoms with E-state index in [1.807, 2.05) is 41.0 Å². The topological polar surface area (TPSA) is 49.9 Å². The van der Waals surface area contributed by atoms with Crippen LogP contribution >= 0.6 is 0 Å². The zero-order chi connectivity index (χ0) is 18.1. The van der Waals surface area contributed by atoms with E-state index < -0.39 is 0 Å². The van der Waals surface area contributed by atoms with E-state index in [9.17, 15) is 9.59 Å². The van der Waals surface area contributed by atoms with E-state index in [0.717, 1.165) is 44.3 Å². The Morgan fingerprint density at radius 3 is 2.35 bits per heavy atom. The molecule has 0 radical (unpaired) electrons. The predicted molar refractivity (Wildman–Crippen MR) is 98.9 cm³/mol. The van der Waals surface area contributed by atoms with Gasteiger partial charge in [0.25, 0.3) is 5.91 Å². The SMILES string of the molecule is Cc1ccc(C(=O)N2CC(C(=O)N3CCCC3)C3(CCOCC3)C2)cc1. The van der Waals surface area contributed by atoms with Gasteiger partial charge in [-0.1, -0.05) is 17.7 Å².